The summed E-state index contributed by atoms with van der Waals surface area (Å²) >= 11 is 5.90. The predicted octanol–water partition coefficient (Wildman–Crippen LogP) is 4.29. The van der Waals surface area contributed by atoms with Gasteiger partial charge in [-0.15, -0.1) is 0 Å². The molecule has 92 valence electrons. The standard InChI is InChI=1S/C16H16ClN/c17-15-6-3-12(4-7-15)10-13-5-8-16-14(11-13)2-1-9-18-16/h3-8,11,18H,1-2,9-10H2. The third kappa shape index (κ3) is 2.51. The number of benzene rings is 2. The fourth-order valence-corrected chi connectivity index (χ4v) is 2.60. The van der Waals surface area contributed by atoms with Crippen molar-refractivity contribution in [3.05, 3.63) is 64.2 Å². The Kier molecular flexibility index (Phi) is 3.24. The van der Waals surface area contributed by atoms with Crippen LogP contribution >= 0.6 is 11.6 Å². The molecule has 0 bridgehead atoms. The molecule has 0 radical (unpaired) electrons. The third-order valence-electron chi connectivity index (χ3n) is 3.43. The number of nitrogens with one attached hydrogen (secondary N) is 1. The number of halogens is 1. The molecule has 0 amide bonds. The molecule has 0 fully saturated rings. The van der Waals surface area contributed by atoms with E-state index >= 15 is 0 Å². The smallest absolute Gasteiger partial charge is 0.0406 e. The van der Waals surface area contributed by atoms with Crippen molar-refractivity contribution < 1.29 is 0 Å². The molecule has 0 saturated carbocycles. The van der Waals surface area contributed by atoms with Gasteiger partial charge in [0.25, 0.3) is 0 Å². The largest absolute Gasteiger partial charge is 0.385 e. The number of hydrogen-bond acceptors (Lipinski definition) is 1. The lowest BCUT2D eigenvalue weighted by molar-refractivity contribution is 0.828. The summed E-state index contributed by atoms with van der Waals surface area (Å²) in [5, 5.41) is 4.24. The van der Waals surface area contributed by atoms with Gasteiger partial charge in [-0.2, -0.15) is 0 Å². The summed E-state index contributed by atoms with van der Waals surface area (Å²) in [5.74, 6) is 0. The number of rotatable bonds is 2. The monoisotopic (exact) mass is 257 g/mol. The Hall–Kier alpha value is -1.47. The summed E-state index contributed by atoms with van der Waals surface area (Å²) in [6.45, 7) is 1.10. The molecular weight excluding hydrogens is 242 g/mol. The van der Waals surface area contributed by atoms with Crippen LogP contribution in [0.3, 0.4) is 0 Å². The van der Waals surface area contributed by atoms with E-state index in [1.165, 1.54) is 35.2 Å². The molecule has 1 N–H and O–H groups in total. The summed E-state index contributed by atoms with van der Waals surface area (Å²) in [4.78, 5) is 0. The molecule has 0 spiro atoms. The van der Waals surface area contributed by atoms with Crippen LogP contribution in [0, 0.1) is 0 Å². The highest BCUT2D eigenvalue weighted by molar-refractivity contribution is 6.30. The second-order valence-corrected chi connectivity index (χ2v) is 5.26. The van der Waals surface area contributed by atoms with E-state index in [1.807, 2.05) is 12.1 Å². The Morgan fingerprint density at radius 3 is 2.61 bits per heavy atom. The molecule has 3 rings (SSSR count). The van der Waals surface area contributed by atoms with E-state index in [-0.39, 0.29) is 0 Å². The van der Waals surface area contributed by atoms with Crippen LogP contribution in [0.1, 0.15) is 23.1 Å². The van der Waals surface area contributed by atoms with Crippen LogP contribution in [0.5, 0.6) is 0 Å². The first-order chi connectivity index (χ1) is 8.81. The molecule has 18 heavy (non-hydrogen) atoms. The normalized spacial score (nSPS) is 13.8. The van der Waals surface area contributed by atoms with Gasteiger partial charge in [-0.1, -0.05) is 35.9 Å². The number of fused-ring (bicyclic) bond motifs is 1. The van der Waals surface area contributed by atoms with Crippen molar-refractivity contribution in [2.24, 2.45) is 0 Å². The Morgan fingerprint density at radius 2 is 1.78 bits per heavy atom. The maximum absolute atomic E-state index is 5.90. The third-order valence-corrected chi connectivity index (χ3v) is 3.68. The highest BCUT2D eigenvalue weighted by atomic mass is 35.5. The number of anilines is 1. The fourth-order valence-electron chi connectivity index (χ4n) is 2.48. The Bertz CT molecular complexity index is 546. The Labute approximate surface area is 113 Å². The summed E-state index contributed by atoms with van der Waals surface area (Å²) < 4.78 is 0. The minimum atomic E-state index is 0.799. The molecule has 0 atom stereocenters. The zero-order valence-corrected chi connectivity index (χ0v) is 11.0. The van der Waals surface area contributed by atoms with Gasteiger partial charge in [-0.25, -0.2) is 0 Å². The van der Waals surface area contributed by atoms with Crippen LogP contribution in [0.15, 0.2) is 42.5 Å². The van der Waals surface area contributed by atoms with Crippen molar-refractivity contribution in [2.75, 3.05) is 11.9 Å². The fraction of sp³-hybridized carbons (Fsp3) is 0.250. The molecule has 0 saturated heterocycles. The average Bonchev–Trinajstić information content (AvgIpc) is 2.41. The lowest BCUT2D eigenvalue weighted by atomic mass is 9.97. The summed E-state index contributed by atoms with van der Waals surface area (Å²) in [5.41, 5.74) is 5.44. The first-order valence-corrected chi connectivity index (χ1v) is 6.79. The van der Waals surface area contributed by atoms with Gasteiger partial charge in [0.1, 0.15) is 0 Å². The maximum atomic E-state index is 5.90. The topological polar surface area (TPSA) is 12.0 Å². The molecule has 2 heteroatoms. The van der Waals surface area contributed by atoms with E-state index < -0.39 is 0 Å². The van der Waals surface area contributed by atoms with Crippen LogP contribution in [0.4, 0.5) is 5.69 Å². The molecule has 0 aliphatic carbocycles. The van der Waals surface area contributed by atoms with Crippen LogP contribution < -0.4 is 5.32 Å². The molecular formula is C16H16ClN. The van der Waals surface area contributed by atoms with Gasteiger partial charge in [0, 0.05) is 17.3 Å². The SMILES string of the molecule is Clc1ccc(Cc2ccc3c(c2)CCCN3)cc1. The van der Waals surface area contributed by atoms with Crippen molar-refractivity contribution in [3.8, 4) is 0 Å². The van der Waals surface area contributed by atoms with E-state index in [2.05, 4.69) is 35.6 Å². The van der Waals surface area contributed by atoms with Crippen LogP contribution in [-0.4, -0.2) is 6.54 Å². The molecule has 1 heterocycles. The lowest BCUT2D eigenvalue weighted by Gasteiger charge is -2.18. The quantitative estimate of drug-likeness (QED) is 0.846. The second kappa shape index (κ2) is 5.03. The van der Waals surface area contributed by atoms with E-state index in [1.54, 1.807) is 0 Å². The molecule has 1 aliphatic heterocycles. The molecule has 1 nitrogen and oxygen atoms in total. The molecule has 1 aliphatic rings. The van der Waals surface area contributed by atoms with Crippen molar-refractivity contribution in [2.45, 2.75) is 19.3 Å². The van der Waals surface area contributed by atoms with Crippen LogP contribution in [0.2, 0.25) is 5.02 Å². The summed E-state index contributed by atoms with van der Waals surface area (Å²) in [6, 6.07) is 14.9. The number of aryl methyl sites for hydroxylation is 1. The summed E-state index contributed by atoms with van der Waals surface area (Å²) in [7, 11) is 0. The predicted molar refractivity (Wildman–Crippen MR) is 77.5 cm³/mol. The minimum Gasteiger partial charge on any atom is -0.385 e. The minimum absolute atomic E-state index is 0.799. The highest BCUT2D eigenvalue weighted by Gasteiger charge is 2.08. The van der Waals surface area contributed by atoms with E-state index in [9.17, 15) is 0 Å². The number of hydrogen-bond donors (Lipinski definition) is 1. The molecule has 0 unspecified atom stereocenters. The van der Waals surface area contributed by atoms with Gasteiger partial charge in [-0.3, -0.25) is 0 Å². The van der Waals surface area contributed by atoms with Crippen molar-refractivity contribution >= 4 is 17.3 Å². The van der Waals surface area contributed by atoms with Crippen LogP contribution in [-0.2, 0) is 12.8 Å². The van der Waals surface area contributed by atoms with Crippen molar-refractivity contribution in [3.63, 3.8) is 0 Å². The van der Waals surface area contributed by atoms with Gasteiger partial charge in [0.05, 0.1) is 0 Å². The first-order valence-electron chi connectivity index (χ1n) is 6.41. The Morgan fingerprint density at radius 1 is 1.00 bits per heavy atom. The van der Waals surface area contributed by atoms with Gasteiger partial charge in [0.15, 0.2) is 0 Å². The van der Waals surface area contributed by atoms with Crippen molar-refractivity contribution in [1.29, 1.82) is 0 Å². The van der Waals surface area contributed by atoms with Crippen LogP contribution in [0.25, 0.3) is 0 Å². The second-order valence-electron chi connectivity index (χ2n) is 4.83. The highest BCUT2D eigenvalue weighted by Crippen LogP contribution is 2.24. The van der Waals surface area contributed by atoms with Crippen molar-refractivity contribution in [1.82, 2.24) is 0 Å². The van der Waals surface area contributed by atoms with Gasteiger partial charge in [-0.05, 0) is 54.2 Å². The average molecular weight is 258 g/mol. The van der Waals surface area contributed by atoms with Gasteiger partial charge < -0.3 is 5.32 Å². The maximum Gasteiger partial charge on any atom is 0.0406 e. The lowest BCUT2D eigenvalue weighted by Crippen LogP contribution is -2.11. The van der Waals surface area contributed by atoms with E-state index in [4.69, 9.17) is 11.6 Å². The molecule has 0 aromatic heterocycles. The van der Waals surface area contributed by atoms with Gasteiger partial charge in [0.2, 0.25) is 0 Å². The first kappa shape index (κ1) is 11.6. The van der Waals surface area contributed by atoms with E-state index in [0.29, 0.717) is 0 Å². The van der Waals surface area contributed by atoms with Gasteiger partial charge >= 0.3 is 0 Å². The molecule has 2 aromatic rings. The van der Waals surface area contributed by atoms with E-state index in [0.717, 1.165) is 18.0 Å². The summed E-state index contributed by atoms with van der Waals surface area (Å²) in [6.07, 6.45) is 3.40. The zero-order chi connectivity index (χ0) is 12.4. The zero-order valence-electron chi connectivity index (χ0n) is 10.2. The molecule has 2 aromatic carbocycles. The Balaban J connectivity index is 1.82.